The van der Waals surface area contributed by atoms with Crippen molar-refractivity contribution in [3.8, 4) is 11.4 Å². The normalized spacial score (nSPS) is 19.6. The van der Waals surface area contributed by atoms with E-state index in [4.69, 9.17) is 15.5 Å². The Bertz CT molecular complexity index is 1170. The third-order valence-electron chi connectivity index (χ3n) is 6.02. The molecule has 0 atom stereocenters. The average molecular weight is 389 g/mol. The SMILES string of the molecule is COC(=O)[C@H]1CC[C@H](c2nc(-c3cc4ccccc4[nH]3)c3c(N)nccn32)CC1. The first kappa shape index (κ1) is 17.7. The van der Waals surface area contributed by atoms with Crippen LogP contribution in [-0.4, -0.2) is 32.4 Å². The third kappa shape index (κ3) is 2.93. The smallest absolute Gasteiger partial charge is 0.308 e. The van der Waals surface area contributed by atoms with Gasteiger partial charge in [-0.1, -0.05) is 18.2 Å². The van der Waals surface area contributed by atoms with Crippen molar-refractivity contribution < 1.29 is 9.53 Å². The van der Waals surface area contributed by atoms with Gasteiger partial charge in [-0.05, 0) is 37.8 Å². The first-order chi connectivity index (χ1) is 14.2. The van der Waals surface area contributed by atoms with Crippen molar-refractivity contribution in [2.45, 2.75) is 31.6 Å². The van der Waals surface area contributed by atoms with Crippen molar-refractivity contribution in [1.82, 2.24) is 19.4 Å². The van der Waals surface area contributed by atoms with E-state index in [0.29, 0.717) is 5.82 Å². The van der Waals surface area contributed by atoms with Gasteiger partial charge in [0.15, 0.2) is 0 Å². The number of rotatable bonds is 3. The van der Waals surface area contributed by atoms with Gasteiger partial charge >= 0.3 is 5.97 Å². The van der Waals surface area contributed by atoms with Crippen LogP contribution >= 0.6 is 0 Å². The number of para-hydroxylation sites is 1. The highest BCUT2D eigenvalue weighted by Crippen LogP contribution is 2.39. The second-order valence-corrected chi connectivity index (χ2v) is 7.69. The number of nitrogens with one attached hydrogen (secondary N) is 1. The molecule has 3 heterocycles. The molecule has 5 rings (SSSR count). The minimum absolute atomic E-state index is 0.0117. The highest BCUT2D eigenvalue weighted by Gasteiger charge is 2.31. The summed E-state index contributed by atoms with van der Waals surface area (Å²) in [5.41, 5.74) is 9.89. The number of fused-ring (bicyclic) bond motifs is 2. The lowest BCUT2D eigenvalue weighted by atomic mass is 9.81. The standard InChI is InChI=1S/C22H23N5O2/c1-29-22(28)14-8-6-13(7-9-14)21-26-18(19-20(23)24-10-11-27(19)21)17-12-15-4-2-3-5-16(15)25-17/h2-5,10-14,25H,6-9H2,1H3,(H2,23,24)/t13-,14-. The first-order valence-corrected chi connectivity index (χ1v) is 9.94. The molecule has 3 aromatic heterocycles. The van der Waals surface area contributed by atoms with E-state index in [9.17, 15) is 4.79 Å². The third-order valence-corrected chi connectivity index (χ3v) is 6.02. The fourth-order valence-corrected chi connectivity index (χ4v) is 4.52. The number of hydrogen-bond acceptors (Lipinski definition) is 5. The number of esters is 1. The predicted octanol–water partition coefficient (Wildman–Crippen LogP) is 3.91. The zero-order chi connectivity index (χ0) is 20.0. The van der Waals surface area contributed by atoms with Crippen molar-refractivity contribution in [3.05, 3.63) is 48.5 Å². The number of nitrogens with two attached hydrogens (primary N) is 1. The number of H-pyrrole nitrogens is 1. The highest BCUT2D eigenvalue weighted by atomic mass is 16.5. The van der Waals surface area contributed by atoms with E-state index in [1.54, 1.807) is 6.20 Å². The van der Waals surface area contributed by atoms with Gasteiger partial charge in [-0.15, -0.1) is 0 Å². The Morgan fingerprint density at radius 1 is 1.24 bits per heavy atom. The largest absolute Gasteiger partial charge is 0.469 e. The van der Waals surface area contributed by atoms with Crippen LogP contribution in [-0.2, 0) is 9.53 Å². The van der Waals surface area contributed by atoms with Crippen LogP contribution in [0.5, 0.6) is 0 Å². The van der Waals surface area contributed by atoms with Gasteiger partial charge in [-0.2, -0.15) is 0 Å². The molecule has 1 saturated carbocycles. The summed E-state index contributed by atoms with van der Waals surface area (Å²) in [7, 11) is 1.46. The Kier molecular flexibility index (Phi) is 4.23. The van der Waals surface area contributed by atoms with Crippen LogP contribution in [0.4, 0.5) is 5.82 Å². The van der Waals surface area contributed by atoms with E-state index in [0.717, 1.165) is 59.3 Å². The lowest BCUT2D eigenvalue weighted by Gasteiger charge is -2.26. The van der Waals surface area contributed by atoms with Gasteiger partial charge in [-0.3, -0.25) is 9.20 Å². The summed E-state index contributed by atoms with van der Waals surface area (Å²) in [5, 5.41) is 1.13. The molecule has 0 bridgehead atoms. The quantitative estimate of drug-likeness (QED) is 0.518. The number of benzene rings is 1. The number of nitrogens with zero attached hydrogens (tertiary/aromatic N) is 3. The molecule has 0 amide bonds. The van der Waals surface area contributed by atoms with Gasteiger partial charge < -0.3 is 15.5 Å². The fourth-order valence-electron chi connectivity index (χ4n) is 4.52. The summed E-state index contributed by atoms with van der Waals surface area (Å²) in [6.45, 7) is 0. The van der Waals surface area contributed by atoms with Crippen LogP contribution in [0.2, 0.25) is 0 Å². The van der Waals surface area contributed by atoms with E-state index in [-0.39, 0.29) is 17.8 Å². The van der Waals surface area contributed by atoms with Crippen LogP contribution in [0.1, 0.15) is 37.4 Å². The maximum absolute atomic E-state index is 11.9. The van der Waals surface area contributed by atoms with E-state index < -0.39 is 0 Å². The van der Waals surface area contributed by atoms with Crippen LogP contribution in [0.3, 0.4) is 0 Å². The minimum atomic E-state index is -0.108. The van der Waals surface area contributed by atoms with E-state index >= 15 is 0 Å². The Morgan fingerprint density at radius 2 is 2.03 bits per heavy atom. The van der Waals surface area contributed by atoms with Gasteiger partial charge in [0.2, 0.25) is 0 Å². The maximum Gasteiger partial charge on any atom is 0.308 e. The summed E-state index contributed by atoms with van der Waals surface area (Å²) < 4.78 is 6.98. The number of aromatic nitrogens is 4. The molecular formula is C22H23N5O2. The summed E-state index contributed by atoms with van der Waals surface area (Å²) >= 11 is 0. The molecule has 0 radical (unpaired) electrons. The molecule has 0 unspecified atom stereocenters. The highest BCUT2D eigenvalue weighted by molar-refractivity contribution is 5.91. The van der Waals surface area contributed by atoms with E-state index in [2.05, 4.69) is 26.5 Å². The molecule has 7 nitrogen and oxygen atoms in total. The molecule has 7 heteroatoms. The molecular weight excluding hydrogens is 366 g/mol. The molecule has 4 aromatic rings. The zero-order valence-electron chi connectivity index (χ0n) is 16.3. The number of anilines is 1. The summed E-state index contributed by atoms with van der Waals surface area (Å²) in [6, 6.07) is 10.3. The monoisotopic (exact) mass is 389 g/mol. The number of carbonyl (C=O) groups excluding carboxylic acids is 1. The number of ether oxygens (including phenoxy) is 1. The topological polar surface area (TPSA) is 98.3 Å². The van der Waals surface area contributed by atoms with Crippen LogP contribution < -0.4 is 5.73 Å². The Hall–Kier alpha value is -3.35. The number of nitrogen functional groups attached to an aromatic ring is 1. The lowest BCUT2D eigenvalue weighted by molar-refractivity contribution is -0.146. The molecule has 148 valence electrons. The molecule has 1 fully saturated rings. The average Bonchev–Trinajstić information content (AvgIpc) is 3.35. The van der Waals surface area contributed by atoms with Gasteiger partial charge in [0.25, 0.3) is 0 Å². The summed E-state index contributed by atoms with van der Waals surface area (Å²) in [5.74, 6) is 1.59. The molecule has 1 aliphatic carbocycles. The zero-order valence-corrected chi connectivity index (χ0v) is 16.3. The number of aromatic amines is 1. The molecule has 0 aliphatic heterocycles. The Labute approximate surface area is 167 Å². The second kappa shape index (κ2) is 6.92. The first-order valence-electron chi connectivity index (χ1n) is 9.94. The fraction of sp³-hybridized carbons (Fsp3) is 0.318. The molecule has 1 aliphatic rings. The van der Waals surface area contributed by atoms with E-state index in [1.165, 1.54) is 7.11 Å². The summed E-state index contributed by atoms with van der Waals surface area (Å²) in [4.78, 5) is 24.6. The lowest BCUT2D eigenvalue weighted by Crippen LogP contribution is -2.23. The second-order valence-electron chi connectivity index (χ2n) is 7.69. The van der Waals surface area contributed by atoms with Gasteiger partial charge in [0, 0.05) is 29.2 Å². The van der Waals surface area contributed by atoms with Crippen LogP contribution in [0.15, 0.2) is 42.7 Å². The predicted molar refractivity (Wildman–Crippen MR) is 111 cm³/mol. The number of hydrogen-bond donors (Lipinski definition) is 2. The van der Waals surface area contributed by atoms with Crippen molar-refractivity contribution >= 4 is 28.2 Å². The van der Waals surface area contributed by atoms with E-state index in [1.807, 2.05) is 24.4 Å². The van der Waals surface area contributed by atoms with Crippen molar-refractivity contribution in [1.29, 1.82) is 0 Å². The summed E-state index contributed by atoms with van der Waals surface area (Å²) in [6.07, 6.45) is 7.05. The molecule has 0 spiro atoms. The number of carbonyl (C=O) groups is 1. The molecule has 29 heavy (non-hydrogen) atoms. The van der Waals surface area contributed by atoms with Crippen LogP contribution in [0, 0.1) is 5.92 Å². The Balaban J connectivity index is 1.57. The van der Waals surface area contributed by atoms with Crippen molar-refractivity contribution in [2.75, 3.05) is 12.8 Å². The van der Waals surface area contributed by atoms with Crippen molar-refractivity contribution in [2.24, 2.45) is 5.92 Å². The van der Waals surface area contributed by atoms with Crippen LogP contribution in [0.25, 0.3) is 27.8 Å². The van der Waals surface area contributed by atoms with Gasteiger partial charge in [-0.25, -0.2) is 9.97 Å². The maximum atomic E-state index is 11.9. The molecule has 1 aromatic carbocycles. The number of methoxy groups -OCH3 is 1. The van der Waals surface area contributed by atoms with Crippen molar-refractivity contribution in [3.63, 3.8) is 0 Å². The molecule has 3 N–H and O–H groups in total. The Morgan fingerprint density at radius 3 is 2.79 bits per heavy atom. The minimum Gasteiger partial charge on any atom is -0.469 e. The molecule has 0 saturated heterocycles. The number of imidazole rings is 1. The van der Waals surface area contributed by atoms with Gasteiger partial charge in [0.1, 0.15) is 22.9 Å². The van der Waals surface area contributed by atoms with Gasteiger partial charge in [0.05, 0.1) is 18.7 Å².